The first kappa shape index (κ1) is 20.7. The van der Waals surface area contributed by atoms with E-state index in [2.05, 4.69) is 38.8 Å². The maximum atomic E-state index is 13.9. The molecule has 0 radical (unpaired) electrons. The number of carbonyl (C=O) groups is 2. The lowest BCUT2D eigenvalue weighted by atomic mass is 9.67. The lowest BCUT2D eigenvalue weighted by Gasteiger charge is -2.31. The van der Waals surface area contributed by atoms with Gasteiger partial charge in [-0.1, -0.05) is 37.5 Å². The molecule has 1 aromatic carbocycles. The van der Waals surface area contributed by atoms with Crippen molar-refractivity contribution in [3.63, 3.8) is 0 Å². The zero-order chi connectivity index (χ0) is 21.6. The lowest BCUT2D eigenvalue weighted by Crippen LogP contribution is -2.41. The molecule has 0 amide bonds. The molecule has 1 aromatic rings. The molecule has 30 heavy (non-hydrogen) atoms. The van der Waals surface area contributed by atoms with Crippen molar-refractivity contribution in [1.29, 1.82) is 0 Å². The van der Waals surface area contributed by atoms with Crippen molar-refractivity contribution in [1.82, 2.24) is 0 Å². The lowest BCUT2D eigenvalue weighted by molar-refractivity contribution is -0.125. The Morgan fingerprint density at radius 3 is 2.53 bits per heavy atom. The highest BCUT2D eigenvalue weighted by molar-refractivity contribution is 6.27. The maximum absolute atomic E-state index is 13.9. The van der Waals surface area contributed by atoms with Crippen LogP contribution in [0.25, 0.3) is 5.57 Å². The molecule has 2 bridgehead atoms. The Hall–Kier alpha value is -2.58. The number of allylic oxidation sites excluding steroid dienone is 1. The molecular weight excluding hydrogens is 380 g/mol. The van der Waals surface area contributed by atoms with Crippen LogP contribution < -0.4 is 0 Å². The van der Waals surface area contributed by atoms with E-state index in [0.717, 1.165) is 47.9 Å². The van der Waals surface area contributed by atoms with Gasteiger partial charge in [0.2, 0.25) is 0 Å². The maximum Gasteiger partial charge on any atom is 0.514 e. The first-order chi connectivity index (χ1) is 14.4. The van der Waals surface area contributed by atoms with Crippen LogP contribution in [0.15, 0.2) is 17.9 Å². The molecule has 0 N–H and O–H groups in total. The van der Waals surface area contributed by atoms with E-state index in [1.54, 1.807) is 0 Å². The number of fused-ring (bicyclic) bond motifs is 5. The molecule has 158 valence electrons. The number of Topliss-reactive ketones (excluding diaryl/α,β-unsaturated/α-hetero) is 1. The van der Waals surface area contributed by atoms with Crippen LogP contribution in [0.4, 0.5) is 4.79 Å². The molecule has 4 rings (SSSR count). The minimum atomic E-state index is -0.872. The largest absolute Gasteiger partial charge is 0.514 e. The third-order valence-electron chi connectivity index (χ3n) is 6.91. The summed E-state index contributed by atoms with van der Waals surface area (Å²) in [4.78, 5) is 26.3. The smallest absolute Gasteiger partial charge is 0.421 e. The number of benzene rings is 1. The molecule has 2 heterocycles. The molecule has 0 spiro atoms. The monoisotopic (exact) mass is 408 g/mol. The first-order valence-electron chi connectivity index (χ1n) is 10.7. The predicted molar refractivity (Wildman–Crippen MR) is 113 cm³/mol. The highest BCUT2D eigenvalue weighted by Crippen LogP contribution is 2.62. The molecule has 1 unspecified atom stereocenters. The summed E-state index contributed by atoms with van der Waals surface area (Å²) in [5.74, 6) is 2.38. The molecule has 3 aliphatic rings. The Morgan fingerprint density at radius 2 is 1.93 bits per heavy atom. The summed E-state index contributed by atoms with van der Waals surface area (Å²) in [6.45, 7) is 8.00. The number of ketones is 1. The Labute approximate surface area is 177 Å². The molecule has 4 atom stereocenters. The van der Waals surface area contributed by atoms with Crippen molar-refractivity contribution in [3.8, 4) is 12.3 Å². The number of terminal acetylenes is 1. The quantitative estimate of drug-likeness (QED) is 0.534. The summed E-state index contributed by atoms with van der Waals surface area (Å²) in [7, 11) is 0. The zero-order valence-electron chi connectivity index (χ0n) is 18.0. The van der Waals surface area contributed by atoms with E-state index in [0.29, 0.717) is 11.3 Å². The number of carbonyl (C=O) groups excluding carboxylic acids is 2. The third kappa shape index (κ3) is 2.89. The summed E-state index contributed by atoms with van der Waals surface area (Å²) in [6.07, 6.45) is 7.31. The number of aryl methyl sites for hydroxylation is 3. The molecule has 2 aliphatic heterocycles. The van der Waals surface area contributed by atoms with Crippen LogP contribution in [0.5, 0.6) is 0 Å². The first-order valence-corrected chi connectivity index (χ1v) is 10.7. The van der Waals surface area contributed by atoms with Crippen LogP contribution >= 0.6 is 0 Å². The molecule has 2 saturated heterocycles. The van der Waals surface area contributed by atoms with Gasteiger partial charge in [-0.15, -0.1) is 6.42 Å². The molecule has 5 heteroatoms. The summed E-state index contributed by atoms with van der Waals surface area (Å²) in [6, 6.07) is 4.23. The third-order valence-corrected chi connectivity index (χ3v) is 6.91. The number of rotatable bonds is 5. The normalized spacial score (nSPS) is 29.2. The van der Waals surface area contributed by atoms with E-state index >= 15 is 0 Å². The van der Waals surface area contributed by atoms with Gasteiger partial charge in [-0.3, -0.25) is 4.79 Å². The highest BCUT2D eigenvalue weighted by atomic mass is 16.7. The summed E-state index contributed by atoms with van der Waals surface area (Å²) >= 11 is 0. The van der Waals surface area contributed by atoms with Gasteiger partial charge in [0.05, 0.1) is 29.1 Å². The molecule has 5 nitrogen and oxygen atoms in total. The molecule has 1 aliphatic carbocycles. The van der Waals surface area contributed by atoms with Gasteiger partial charge in [-0.25, -0.2) is 4.79 Å². The summed E-state index contributed by atoms with van der Waals surface area (Å²) in [5.41, 5.74) is 4.04. The van der Waals surface area contributed by atoms with Gasteiger partial charge in [0.1, 0.15) is 5.76 Å². The Kier molecular flexibility index (Phi) is 5.23. The van der Waals surface area contributed by atoms with Gasteiger partial charge in [-0.05, 0) is 56.2 Å². The van der Waals surface area contributed by atoms with Gasteiger partial charge in [0, 0.05) is 0 Å². The van der Waals surface area contributed by atoms with E-state index in [4.69, 9.17) is 20.6 Å². The average Bonchev–Trinajstić information content (AvgIpc) is 3.37. The van der Waals surface area contributed by atoms with E-state index in [1.165, 1.54) is 0 Å². The van der Waals surface area contributed by atoms with Crippen LogP contribution in [0.2, 0.25) is 0 Å². The van der Waals surface area contributed by atoms with Crippen LogP contribution in [0, 0.1) is 30.6 Å². The second-order valence-corrected chi connectivity index (χ2v) is 8.58. The van der Waals surface area contributed by atoms with E-state index in [-0.39, 0.29) is 30.5 Å². The molecule has 0 aromatic heterocycles. The van der Waals surface area contributed by atoms with Gasteiger partial charge in [0.15, 0.2) is 12.4 Å². The SMILES string of the molecule is C#CCOC(=O)OC1=C(c2c(CC)cc(C)cc2CC)C(=O)[C@@]2(C)C3CC[C@@H](O3)[C@@H]12. The zero-order valence-corrected chi connectivity index (χ0v) is 18.0. The number of hydrogen-bond donors (Lipinski definition) is 0. The summed E-state index contributed by atoms with van der Waals surface area (Å²) in [5, 5.41) is 0. The summed E-state index contributed by atoms with van der Waals surface area (Å²) < 4.78 is 16.8. The molecule has 2 fully saturated rings. The Morgan fingerprint density at radius 1 is 1.27 bits per heavy atom. The fourth-order valence-electron chi connectivity index (χ4n) is 5.59. The fraction of sp³-hybridized carbons (Fsp3) is 0.520. The standard InChI is InChI=1S/C25H28O5/c1-6-11-28-24(27)30-22-20(19-15(7-2)12-14(4)13-16(19)8-3)23(26)25(5)18-10-9-17(29-18)21(22)25/h1,12-13,17-18,21H,7-11H2,2-5H3/t17-,18?,21+,25+/m1/s1. The van der Waals surface area contributed by atoms with Crippen molar-refractivity contribution in [2.45, 2.75) is 65.6 Å². The van der Waals surface area contributed by atoms with Crippen molar-refractivity contribution in [2.75, 3.05) is 6.61 Å². The van der Waals surface area contributed by atoms with E-state index in [9.17, 15) is 9.59 Å². The van der Waals surface area contributed by atoms with Crippen LogP contribution in [-0.2, 0) is 31.8 Å². The predicted octanol–water partition coefficient (Wildman–Crippen LogP) is 4.38. The van der Waals surface area contributed by atoms with Crippen molar-refractivity contribution >= 4 is 17.5 Å². The van der Waals surface area contributed by atoms with Crippen molar-refractivity contribution in [3.05, 3.63) is 40.1 Å². The number of hydrogen-bond acceptors (Lipinski definition) is 5. The Balaban J connectivity index is 1.91. The molecular formula is C25H28O5. The number of ether oxygens (including phenoxy) is 3. The van der Waals surface area contributed by atoms with Gasteiger partial charge in [-0.2, -0.15) is 0 Å². The minimum absolute atomic E-state index is 0.00713. The Bertz CT molecular complexity index is 957. The average molecular weight is 408 g/mol. The second kappa shape index (κ2) is 7.59. The van der Waals surface area contributed by atoms with Crippen LogP contribution in [0.3, 0.4) is 0 Å². The van der Waals surface area contributed by atoms with Gasteiger partial charge < -0.3 is 14.2 Å². The van der Waals surface area contributed by atoms with Crippen LogP contribution in [-0.4, -0.2) is 30.8 Å². The van der Waals surface area contributed by atoms with Gasteiger partial charge in [0.25, 0.3) is 0 Å². The minimum Gasteiger partial charge on any atom is -0.421 e. The highest BCUT2D eigenvalue weighted by Gasteiger charge is 2.67. The van der Waals surface area contributed by atoms with Gasteiger partial charge >= 0.3 is 6.16 Å². The molecule has 0 saturated carbocycles. The van der Waals surface area contributed by atoms with E-state index in [1.807, 2.05) is 6.92 Å². The fourth-order valence-corrected chi connectivity index (χ4v) is 5.59. The van der Waals surface area contributed by atoms with Crippen molar-refractivity contribution in [2.24, 2.45) is 11.3 Å². The second-order valence-electron chi connectivity index (χ2n) is 8.58. The topological polar surface area (TPSA) is 61.8 Å². The van der Waals surface area contributed by atoms with E-state index < -0.39 is 11.6 Å². The van der Waals surface area contributed by atoms with Crippen molar-refractivity contribution < 1.29 is 23.8 Å². The van der Waals surface area contributed by atoms with Crippen LogP contribution in [0.1, 0.15) is 55.9 Å².